The molecule has 6 heterocycles. The van der Waals surface area contributed by atoms with Crippen molar-refractivity contribution in [1.82, 2.24) is 25.2 Å². The first-order valence-corrected chi connectivity index (χ1v) is 16.7. The minimum atomic E-state index is -0.903. The van der Waals surface area contributed by atoms with Gasteiger partial charge in [0.25, 0.3) is 0 Å². The first kappa shape index (κ1) is 28.5. The van der Waals surface area contributed by atoms with E-state index in [1.807, 2.05) is 0 Å². The summed E-state index contributed by atoms with van der Waals surface area (Å²) in [5.41, 5.74) is -0.382. The van der Waals surface area contributed by atoms with E-state index in [1.165, 1.54) is 31.0 Å². The summed E-state index contributed by atoms with van der Waals surface area (Å²) in [6.45, 7) is 2.08. The van der Waals surface area contributed by atoms with Gasteiger partial charge < -0.3 is 20.1 Å². The van der Waals surface area contributed by atoms with Gasteiger partial charge in [0.05, 0.1) is 10.9 Å². The first-order valence-electron chi connectivity index (χ1n) is 16.7. The highest BCUT2D eigenvalue weighted by Gasteiger charge is 2.57. The zero-order valence-electron chi connectivity index (χ0n) is 25.6. The zero-order chi connectivity index (χ0) is 31.2. The van der Waals surface area contributed by atoms with E-state index in [1.54, 1.807) is 18.3 Å². The van der Waals surface area contributed by atoms with E-state index < -0.39 is 23.3 Å². The average molecular weight is 631 g/mol. The van der Waals surface area contributed by atoms with Crippen LogP contribution >= 0.6 is 0 Å². The summed E-state index contributed by atoms with van der Waals surface area (Å²) in [4.78, 5) is 18.5. The van der Waals surface area contributed by atoms with E-state index in [2.05, 4.69) is 25.1 Å². The van der Waals surface area contributed by atoms with Crippen LogP contribution in [0, 0.1) is 17.6 Å². The van der Waals surface area contributed by atoms with Gasteiger partial charge >= 0.3 is 6.01 Å². The highest BCUT2D eigenvalue weighted by Crippen LogP contribution is 2.51. The van der Waals surface area contributed by atoms with Crippen molar-refractivity contribution in [2.24, 2.45) is 5.92 Å². The quantitative estimate of drug-likeness (QED) is 0.282. The monoisotopic (exact) mass is 630 g/mol. The number of anilines is 1. The number of hydrogen-bond donors (Lipinski definition) is 2. The Balaban J connectivity index is 1.15. The SMILES string of the molecule is Oc1cc(-c2ncc3c(N4CC5CCC(C4)N5)nc(OC[C@]45C[C@@H](F)CN4[C@H]4CCCC[C@H]4C5)nc3c2F)c2c(F)cccc2c1. The van der Waals surface area contributed by atoms with Gasteiger partial charge in [-0.2, -0.15) is 9.97 Å². The van der Waals surface area contributed by atoms with Gasteiger partial charge in [0.15, 0.2) is 5.82 Å². The topological polar surface area (TPSA) is 86.6 Å². The standard InChI is InChI=1S/C35H37F3N6O2/c36-21-13-35(12-20-4-1-2-7-28(20)44(35)15-21)18-46-34-41-32-26(33(42-34)43-16-22-8-9-23(17-43)40-22)14-39-31(30(32)38)25-11-24(45)10-19-5-3-6-27(37)29(19)25/h3,5-6,10-11,14,20-23,28,40,45H,1-2,4,7-9,12-13,15-18H2/t20-,21+,22?,23?,28-,35-/m0/s1. The second-order valence-electron chi connectivity index (χ2n) is 14.2. The fraction of sp³-hybridized carbons (Fsp3) is 0.514. The second-order valence-corrected chi connectivity index (χ2v) is 14.2. The number of aromatic hydroxyl groups is 1. The molecule has 0 spiro atoms. The maximum Gasteiger partial charge on any atom is 0.319 e. The fourth-order valence-corrected chi connectivity index (χ4v) is 9.45. The number of fused-ring (bicyclic) bond motifs is 7. The van der Waals surface area contributed by atoms with Gasteiger partial charge in [-0.25, -0.2) is 13.2 Å². The molecule has 0 amide bonds. The molecule has 8 nitrogen and oxygen atoms in total. The number of benzene rings is 2. The van der Waals surface area contributed by atoms with Crippen LogP contribution in [-0.2, 0) is 0 Å². The van der Waals surface area contributed by atoms with Crippen LogP contribution in [0.5, 0.6) is 11.8 Å². The number of nitrogens with one attached hydrogen (secondary N) is 1. The van der Waals surface area contributed by atoms with Crippen molar-refractivity contribution < 1.29 is 23.0 Å². The number of alkyl halides is 1. The van der Waals surface area contributed by atoms with E-state index in [0.29, 0.717) is 66.7 Å². The molecular weight excluding hydrogens is 593 g/mol. The smallest absolute Gasteiger partial charge is 0.319 e. The molecule has 2 unspecified atom stereocenters. The van der Waals surface area contributed by atoms with Crippen LogP contribution in [-0.4, -0.2) is 81.0 Å². The van der Waals surface area contributed by atoms with Crippen LogP contribution in [0.1, 0.15) is 51.4 Å². The maximum absolute atomic E-state index is 16.7. The van der Waals surface area contributed by atoms with Gasteiger partial charge in [0, 0.05) is 61.3 Å². The van der Waals surface area contributed by atoms with E-state index in [4.69, 9.17) is 9.72 Å². The van der Waals surface area contributed by atoms with Crippen molar-refractivity contribution in [3.05, 3.63) is 48.2 Å². The largest absolute Gasteiger partial charge is 0.508 e. The summed E-state index contributed by atoms with van der Waals surface area (Å²) in [7, 11) is 0. The lowest BCUT2D eigenvalue weighted by Gasteiger charge is -2.36. The van der Waals surface area contributed by atoms with Gasteiger partial charge in [0.2, 0.25) is 0 Å². The Morgan fingerprint density at radius 1 is 1.00 bits per heavy atom. The molecule has 1 saturated carbocycles. The van der Waals surface area contributed by atoms with Gasteiger partial charge in [-0.15, -0.1) is 0 Å². The Labute approximate surface area is 265 Å². The van der Waals surface area contributed by atoms with Crippen LogP contribution in [0.25, 0.3) is 32.9 Å². The van der Waals surface area contributed by atoms with E-state index in [-0.39, 0.29) is 40.5 Å². The minimum absolute atomic E-state index is 0.0212. The molecule has 11 heteroatoms. The molecule has 5 aliphatic rings. The number of rotatable bonds is 5. The molecule has 1 aliphatic carbocycles. The third-order valence-corrected chi connectivity index (χ3v) is 11.3. The predicted octanol–water partition coefficient (Wildman–Crippen LogP) is 5.89. The summed E-state index contributed by atoms with van der Waals surface area (Å²) in [5.74, 6) is -0.316. The van der Waals surface area contributed by atoms with E-state index in [9.17, 15) is 9.50 Å². The molecule has 0 radical (unpaired) electrons. The van der Waals surface area contributed by atoms with E-state index >= 15 is 8.78 Å². The third-order valence-electron chi connectivity index (χ3n) is 11.3. The number of aromatic nitrogens is 3. The van der Waals surface area contributed by atoms with Gasteiger partial charge in [-0.1, -0.05) is 25.0 Å². The number of piperazine rings is 1. The lowest BCUT2D eigenvalue weighted by atomic mass is 9.81. The summed E-state index contributed by atoms with van der Waals surface area (Å²) in [5, 5.41) is 15.1. The van der Waals surface area contributed by atoms with Crippen molar-refractivity contribution >= 4 is 27.5 Å². The Hall–Kier alpha value is -3.70. The normalized spacial score (nSPS) is 30.7. The molecule has 5 fully saturated rings. The Morgan fingerprint density at radius 3 is 2.67 bits per heavy atom. The van der Waals surface area contributed by atoms with Crippen molar-refractivity contribution in [1.29, 1.82) is 0 Å². The molecule has 2 aromatic heterocycles. The van der Waals surface area contributed by atoms with Crippen molar-refractivity contribution in [3.63, 3.8) is 0 Å². The number of hydrogen-bond acceptors (Lipinski definition) is 8. The van der Waals surface area contributed by atoms with Crippen LogP contribution in [0.3, 0.4) is 0 Å². The molecule has 4 aromatic rings. The summed E-state index contributed by atoms with van der Waals surface area (Å²) >= 11 is 0. The Bertz CT molecular complexity index is 1850. The number of halogens is 3. The molecule has 2 aromatic carbocycles. The van der Waals surface area contributed by atoms with Crippen molar-refractivity contribution in [2.75, 3.05) is 31.1 Å². The zero-order valence-corrected chi connectivity index (χ0v) is 25.6. The fourth-order valence-electron chi connectivity index (χ4n) is 9.45. The Morgan fingerprint density at radius 2 is 1.83 bits per heavy atom. The first-order chi connectivity index (χ1) is 22.3. The lowest BCUT2D eigenvalue weighted by Crippen LogP contribution is -2.51. The van der Waals surface area contributed by atoms with Gasteiger partial charge in [-0.3, -0.25) is 9.88 Å². The molecule has 2 bridgehead atoms. The van der Waals surface area contributed by atoms with Gasteiger partial charge in [0.1, 0.15) is 41.4 Å². The number of ether oxygens (including phenoxy) is 1. The van der Waals surface area contributed by atoms with Gasteiger partial charge in [-0.05, 0) is 61.6 Å². The predicted molar refractivity (Wildman–Crippen MR) is 169 cm³/mol. The lowest BCUT2D eigenvalue weighted by molar-refractivity contribution is 0.0775. The highest BCUT2D eigenvalue weighted by atomic mass is 19.1. The summed E-state index contributed by atoms with van der Waals surface area (Å²) < 4.78 is 53.2. The maximum atomic E-state index is 16.7. The van der Waals surface area contributed by atoms with Crippen molar-refractivity contribution in [3.8, 4) is 23.0 Å². The number of pyridine rings is 1. The van der Waals surface area contributed by atoms with Crippen LogP contribution in [0.2, 0.25) is 0 Å². The molecule has 6 atom stereocenters. The molecule has 9 rings (SSSR count). The molecule has 46 heavy (non-hydrogen) atoms. The van der Waals surface area contributed by atoms with Crippen LogP contribution < -0.4 is 15.0 Å². The third kappa shape index (κ3) is 4.52. The van der Waals surface area contributed by atoms with Crippen LogP contribution in [0.15, 0.2) is 36.5 Å². The van der Waals surface area contributed by atoms with E-state index in [0.717, 1.165) is 32.1 Å². The number of phenols is 1. The molecule has 4 saturated heterocycles. The minimum Gasteiger partial charge on any atom is -0.508 e. The molecular formula is C35H37F3N6O2. The molecule has 2 N–H and O–H groups in total. The number of phenolic OH excluding ortho intramolecular Hbond substituents is 1. The molecule has 240 valence electrons. The van der Waals surface area contributed by atoms with Crippen LogP contribution in [0.4, 0.5) is 19.0 Å². The highest BCUT2D eigenvalue weighted by molar-refractivity contribution is 6.00. The second kappa shape index (κ2) is 10.7. The Kier molecular flexibility index (Phi) is 6.61. The number of nitrogens with zero attached hydrogens (tertiary/aromatic N) is 5. The summed E-state index contributed by atoms with van der Waals surface area (Å²) in [6.07, 6.45) is 8.70. The summed E-state index contributed by atoms with van der Waals surface area (Å²) in [6, 6.07) is 8.33. The molecule has 4 aliphatic heterocycles. The average Bonchev–Trinajstić information content (AvgIpc) is 3.66. The van der Waals surface area contributed by atoms with Crippen molar-refractivity contribution in [2.45, 2.75) is 81.2 Å².